The zero-order chi connectivity index (χ0) is 16.0. The molecule has 2 saturated heterocycles. The number of fused-ring (bicyclic) bond motifs is 2. The molecular formula is C15H17ClN4O4. The van der Waals surface area contributed by atoms with Crippen LogP contribution in [-0.2, 0) is 14.3 Å². The highest BCUT2D eigenvalue weighted by Crippen LogP contribution is 2.42. The maximum absolute atomic E-state index is 12.8. The largest absolute Gasteiger partial charge is 0.468 e. The van der Waals surface area contributed by atoms with Gasteiger partial charge in [0.2, 0.25) is 0 Å². The fraction of sp³-hybridized carbons (Fsp3) is 0.467. The Morgan fingerprint density at radius 3 is 3.08 bits per heavy atom. The standard InChI is InChI=1S/C15H16N4O4.ClH/c1-22-14(21)15-8-18(6-10(15)7-23-9-15)13(20)11-5-17-19-4-2-3-16-12(11)19;/h2-5,10H,6-9H2,1H3;1H/t10-,15-;/m0./s1. The number of rotatable bonds is 2. The summed E-state index contributed by atoms with van der Waals surface area (Å²) in [6, 6.07) is 1.75. The van der Waals surface area contributed by atoms with Gasteiger partial charge in [-0.25, -0.2) is 9.50 Å². The molecule has 0 aromatic carbocycles. The number of aromatic nitrogens is 3. The molecular weight excluding hydrogens is 336 g/mol. The molecule has 2 fully saturated rings. The molecule has 2 atom stereocenters. The van der Waals surface area contributed by atoms with Crippen molar-refractivity contribution in [3.05, 3.63) is 30.2 Å². The van der Waals surface area contributed by atoms with Crippen LogP contribution < -0.4 is 0 Å². The fourth-order valence-electron chi connectivity index (χ4n) is 3.53. The van der Waals surface area contributed by atoms with E-state index in [-0.39, 0.29) is 30.2 Å². The Hall–Kier alpha value is -2.19. The second-order valence-corrected chi connectivity index (χ2v) is 5.99. The molecule has 4 heterocycles. The molecule has 9 heteroatoms. The van der Waals surface area contributed by atoms with Gasteiger partial charge in [0.05, 0.1) is 26.5 Å². The molecule has 2 aliphatic rings. The van der Waals surface area contributed by atoms with Crippen LogP contribution in [0.4, 0.5) is 0 Å². The topological polar surface area (TPSA) is 86.0 Å². The quantitative estimate of drug-likeness (QED) is 0.728. The highest BCUT2D eigenvalue weighted by molar-refractivity contribution is 6.00. The van der Waals surface area contributed by atoms with Gasteiger partial charge in [0.15, 0.2) is 5.65 Å². The first-order valence-corrected chi connectivity index (χ1v) is 7.39. The number of ether oxygens (including phenoxy) is 2. The predicted molar refractivity (Wildman–Crippen MR) is 84.9 cm³/mol. The van der Waals surface area contributed by atoms with Gasteiger partial charge in [0.25, 0.3) is 5.91 Å². The van der Waals surface area contributed by atoms with Gasteiger partial charge in [-0.1, -0.05) is 0 Å². The summed E-state index contributed by atoms with van der Waals surface area (Å²) in [5.41, 5.74) is 0.199. The van der Waals surface area contributed by atoms with Crippen LogP contribution in [0.25, 0.3) is 5.65 Å². The average molecular weight is 353 g/mol. The van der Waals surface area contributed by atoms with Gasteiger partial charge in [0.1, 0.15) is 11.0 Å². The van der Waals surface area contributed by atoms with E-state index < -0.39 is 5.41 Å². The molecule has 128 valence electrons. The lowest BCUT2D eigenvalue weighted by Gasteiger charge is -2.23. The number of esters is 1. The van der Waals surface area contributed by atoms with Crippen molar-refractivity contribution in [3.8, 4) is 0 Å². The van der Waals surface area contributed by atoms with E-state index in [0.29, 0.717) is 37.5 Å². The first-order valence-electron chi connectivity index (χ1n) is 7.39. The highest BCUT2D eigenvalue weighted by Gasteiger charge is 2.57. The van der Waals surface area contributed by atoms with Crippen LogP contribution in [0.2, 0.25) is 0 Å². The Labute approximate surface area is 144 Å². The minimum Gasteiger partial charge on any atom is -0.468 e. The summed E-state index contributed by atoms with van der Waals surface area (Å²) in [4.78, 5) is 30.9. The van der Waals surface area contributed by atoms with Gasteiger partial charge in [-0.15, -0.1) is 12.4 Å². The van der Waals surface area contributed by atoms with Gasteiger partial charge in [-0.3, -0.25) is 9.59 Å². The van der Waals surface area contributed by atoms with Gasteiger partial charge in [0, 0.05) is 31.4 Å². The van der Waals surface area contributed by atoms with Crippen LogP contribution in [0.15, 0.2) is 24.7 Å². The van der Waals surface area contributed by atoms with Gasteiger partial charge >= 0.3 is 5.97 Å². The number of amides is 1. The van der Waals surface area contributed by atoms with E-state index >= 15 is 0 Å². The first kappa shape index (κ1) is 16.7. The van der Waals surface area contributed by atoms with Crippen LogP contribution in [-0.4, -0.2) is 64.8 Å². The summed E-state index contributed by atoms with van der Waals surface area (Å²) >= 11 is 0. The molecule has 0 bridgehead atoms. The Morgan fingerprint density at radius 1 is 1.46 bits per heavy atom. The highest BCUT2D eigenvalue weighted by atomic mass is 35.5. The molecule has 0 N–H and O–H groups in total. The van der Waals surface area contributed by atoms with Crippen molar-refractivity contribution in [2.24, 2.45) is 11.3 Å². The Balaban J connectivity index is 0.00000169. The predicted octanol–water partition coefficient (Wildman–Crippen LogP) is 0.413. The van der Waals surface area contributed by atoms with Crippen molar-refractivity contribution in [3.63, 3.8) is 0 Å². The number of halogens is 1. The van der Waals surface area contributed by atoms with E-state index in [9.17, 15) is 9.59 Å². The number of nitrogens with zero attached hydrogens (tertiary/aromatic N) is 4. The van der Waals surface area contributed by atoms with Crippen molar-refractivity contribution in [2.45, 2.75) is 0 Å². The zero-order valence-corrected chi connectivity index (χ0v) is 13.9. The summed E-state index contributed by atoms with van der Waals surface area (Å²) in [6.07, 6.45) is 4.87. The number of carbonyl (C=O) groups is 2. The molecule has 2 aliphatic heterocycles. The van der Waals surface area contributed by atoms with Crippen LogP contribution in [0.3, 0.4) is 0 Å². The first-order chi connectivity index (χ1) is 11.2. The maximum Gasteiger partial charge on any atom is 0.316 e. The van der Waals surface area contributed by atoms with Crippen molar-refractivity contribution in [1.82, 2.24) is 19.5 Å². The van der Waals surface area contributed by atoms with Crippen LogP contribution in [0.5, 0.6) is 0 Å². The van der Waals surface area contributed by atoms with E-state index in [1.807, 2.05) is 0 Å². The minimum atomic E-state index is -0.749. The second kappa shape index (κ2) is 6.03. The lowest BCUT2D eigenvalue weighted by atomic mass is 9.81. The molecule has 24 heavy (non-hydrogen) atoms. The van der Waals surface area contributed by atoms with Crippen LogP contribution in [0, 0.1) is 11.3 Å². The van der Waals surface area contributed by atoms with E-state index in [2.05, 4.69) is 10.1 Å². The monoisotopic (exact) mass is 352 g/mol. The van der Waals surface area contributed by atoms with Gasteiger partial charge < -0.3 is 14.4 Å². The summed E-state index contributed by atoms with van der Waals surface area (Å²) in [7, 11) is 1.37. The van der Waals surface area contributed by atoms with Crippen LogP contribution >= 0.6 is 12.4 Å². The second-order valence-electron chi connectivity index (χ2n) is 5.99. The maximum atomic E-state index is 12.8. The Bertz CT molecular complexity index is 795. The van der Waals surface area contributed by atoms with E-state index in [1.54, 1.807) is 27.9 Å². The Kier molecular flexibility index (Phi) is 4.18. The van der Waals surface area contributed by atoms with E-state index in [4.69, 9.17) is 9.47 Å². The van der Waals surface area contributed by atoms with E-state index in [0.717, 1.165) is 0 Å². The number of carbonyl (C=O) groups excluding carboxylic acids is 2. The molecule has 0 unspecified atom stereocenters. The van der Waals surface area contributed by atoms with Crippen molar-refractivity contribution in [1.29, 1.82) is 0 Å². The molecule has 8 nitrogen and oxygen atoms in total. The van der Waals surface area contributed by atoms with E-state index in [1.165, 1.54) is 13.3 Å². The molecule has 0 aliphatic carbocycles. The third-order valence-electron chi connectivity index (χ3n) is 4.76. The molecule has 1 amide bonds. The summed E-state index contributed by atoms with van der Waals surface area (Å²) in [6.45, 7) is 1.53. The molecule has 0 spiro atoms. The lowest BCUT2D eigenvalue weighted by molar-refractivity contribution is -0.153. The summed E-state index contributed by atoms with van der Waals surface area (Å²) in [5.74, 6) is -0.515. The van der Waals surface area contributed by atoms with Crippen molar-refractivity contribution >= 4 is 29.9 Å². The SMILES string of the molecule is COC(=O)[C@@]12COC[C@@H]1CN(C(=O)c1cnn3cccnc13)C2.Cl. The Morgan fingerprint density at radius 2 is 2.29 bits per heavy atom. The molecule has 0 radical (unpaired) electrons. The third kappa shape index (κ3) is 2.25. The average Bonchev–Trinajstić information content (AvgIpc) is 3.25. The van der Waals surface area contributed by atoms with Gasteiger partial charge in [-0.2, -0.15) is 5.10 Å². The number of hydrogen-bond donors (Lipinski definition) is 0. The third-order valence-corrected chi connectivity index (χ3v) is 4.76. The van der Waals surface area contributed by atoms with Crippen molar-refractivity contribution in [2.75, 3.05) is 33.4 Å². The fourth-order valence-corrected chi connectivity index (χ4v) is 3.53. The summed E-state index contributed by atoms with van der Waals surface area (Å²) in [5, 5.41) is 4.14. The summed E-state index contributed by atoms with van der Waals surface area (Å²) < 4.78 is 12.0. The zero-order valence-electron chi connectivity index (χ0n) is 13.0. The molecule has 4 rings (SSSR count). The molecule has 2 aromatic heterocycles. The molecule has 0 saturated carbocycles. The normalized spacial score (nSPS) is 25.4. The van der Waals surface area contributed by atoms with Gasteiger partial charge in [-0.05, 0) is 6.07 Å². The molecule has 2 aromatic rings. The van der Waals surface area contributed by atoms with Crippen LogP contribution in [0.1, 0.15) is 10.4 Å². The minimum absolute atomic E-state index is 0. The van der Waals surface area contributed by atoms with Crippen molar-refractivity contribution < 1.29 is 19.1 Å². The number of methoxy groups -OCH3 is 1. The smallest absolute Gasteiger partial charge is 0.316 e. The number of hydrogen-bond acceptors (Lipinski definition) is 6. The lowest BCUT2D eigenvalue weighted by Crippen LogP contribution is -2.41. The number of likely N-dealkylation sites (tertiary alicyclic amines) is 1.